The number of hydrogen-bond acceptors (Lipinski definition) is 5. The fourth-order valence-electron chi connectivity index (χ4n) is 2.29. The first-order chi connectivity index (χ1) is 12.4. The lowest BCUT2D eigenvalue weighted by Crippen LogP contribution is -2.24. The summed E-state index contributed by atoms with van der Waals surface area (Å²) in [5.41, 5.74) is 3.46. The lowest BCUT2D eigenvalue weighted by Gasteiger charge is -2.12. The standard InChI is InChI=1S/C20H23NO5/c1-13-6-8-17(24-4)16(9-13)21-19(22)11-26-20(23)12-25-18-10-14(2)5-7-15(18)3/h5-10H,11-12H2,1-4H3,(H,21,22). The Morgan fingerprint density at radius 3 is 2.35 bits per heavy atom. The minimum atomic E-state index is -0.614. The highest BCUT2D eigenvalue weighted by Gasteiger charge is 2.12. The number of ether oxygens (including phenoxy) is 3. The van der Waals surface area contributed by atoms with Crippen molar-refractivity contribution in [2.75, 3.05) is 25.6 Å². The van der Waals surface area contributed by atoms with Crippen LogP contribution >= 0.6 is 0 Å². The Morgan fingerprint density at radius 1 is 0.923 bits per heavy atom. The van der Waals surface area contributed by atoms with Gasteiger partial charge in [-0.15, -0.1) is 0 Å². The largest absolute Gasteiger partial charge is 0.495 e. The predicted molar refractivity (Wildman–Crippen MR) is 98.7 cm³/mol. The van der Waals surface area contributed by atoms with Gasteiger partial charge in [0.15, 0.2) is 13.2 Å². The second-order valence-corrected chi connectivity index (χ2v) is 5.97. The van der Waals surface area contributed by atoms with E-state index in [2.05, 4.69) is 5.32 Å². The van der Waals surface area contributed by atoms with Crippen LogP contribution in [0.4, 0.5) is 5.69 Å². The van der Waals surface area contributed by atoms with Crippen molar-refractivity contribution in [2.24, 2.45) is 0 Å². The van der Waals surface area contributed by atoms with Crippen LogP contribution in [0.25, 0.3) is 0 Å². The van der Waals surface area contributed by atoms with Gasteiger partial charge in [-0.1, -0.05) is 18.2 Å². The van der Waals surface area contributed by atoms with E-state index < -0.39 is 18.5 Å². The monoisotopic (exact) mass is 357 g/mol. The summed E-state index contributed by atoms with van der Waals surface area (Å²) >= 11 is 0. The molecule has 6 heteroatoms. The Kier molecular flexibility index (Phi) is 6.60. The van der Waals surface area contributed by atoms with Gasteiger partial charge < -0.3 is 19.5 Å². The van der Waals surface area contributed by atoms with Crippen LogP contribution in [0.1, 0.15) is 16.7 Å². The average Bonchev–Trinajstić information content (AvgIpc) is 2.61. The van der Waals surface area contributed by atoms with Gasteiger partial charge in [-0.25, -0.2) is 4.79 Å². The van der Waals surface area contributed by atoms with E-state index in [-0.39, 0.29) is 6.61 Å². The summed E-state index contributed by atoms with van der Waals surface area (Å²) in [6.45, 7) is 5.08. The number of anilines is 1. The highest BCUT2D eigenvalue weighted by molar-refractivity contribution is 5.94. The first-order valence-corrected chi connectivity index (χ1v) is 8.19. The molecule has 0 saturated carbocycles. The SMILES string of the molecule is COc1ccc(C)cc1NC(=O)COC(=O)COc1cc(C)ccc1C. The molecule has 2 rings (SSSR count). The predicted octanol–water partition coefficient (Wildman–Crippen LogP) is 3.18. The maximum atomic E-state index is 12.0. The summed E-state index contributed by atoms with van der Waals surface area (Å²) in [6, 6.07) is 11.1. The van der Waals surface area contributed by atoms with Gasteiger partial charge in [0.1, 0.15) is 11.5 Å². The molecule has 26 heavy (non-hydrogen) atoms. The van der Waals surface area contributed by atoms with Crippen LogP contribution in [0, 0.1) is 20.8 Å². The van der Waals surface area contributed by atoms with Crippen molar-refractivity contribution in [3.8, 4) is 11.5 Å². The molecule has 0 aliphatic rings. The molecule has 0 radical (unpaired) electrons. The fraction of sp³-hybridized carbons (Fsp3) is 0.300. The van der Waals surface area contributed by atoms with Gasteiger partial charge in [0.25, 0.3) is 5.91 Å². The quantitative estimate of drug-likeness (QED) is 0.771. The molecule has 0 aliphatic carbocycles. The van der Waals surface area contributed by atoms with Crippen molar-refractivity contribution in [1.82, 2.24) is 0 Å². The summed E-state index contributed by atoms with van der Waals surface area (Å²) in [4.78, 5) is 23.8. The second-order valence-electron chi connectivity index (χ2n) is 5.97. The first-order valence-electron chi connectivity index (χ1n) is 8.19. The molecule has 138 valence electrons. The van der Waals surface area contributed by atoms with Crippen LogP contribution in [0.5, 0.6) is 11.5 Å². The van der Waals surface area contributed by atoms with Gasteiger partial charge in [0, 0.05) is 0 Å². The van der Waals surface area contributed by atoms with Crippen LogP contribution < -0.4 is 14.8 Å². The van der Waals surface area contributed by atoms with Gasteiger partial charge in [-0.2, -0.15) is 0 Å². The van der Waals surface area contributed by atoms with E-state index in [0.717, 1.165) is 16.7 Å². The number of esters is 1. The number of nitrogens with one attached hydrogen (secondary N) is 1. The summed E-state index contributed by atoms with van der Waals surface area (Å²) < 4.78 is 15.6. The number of hydrogen-bond donors (Lipinski definition) is 1. The number of aryl methyl sites for hydroxylation is 3. The maximum Gasteiger partial charge on any atom is 0.344 e. The van der Waals surface area contributed by atoms with Crippen molar-refractivity contribution in [2.45, 2.75) is 20.8 Å². The zero-order valence-electron chi connectivity index (χ0n) is 15.4. The van der Waals surface area contributed by atoms with E-state index in [4.69, 9.17) is 14.2 Å². The lowest BCUT2D eigenvalue weighted by molar-refractivity contribution is -0.149. The maximum absolute atomic E-state index is 12.0. The second kappa shape index (κ2) is 8.89. The van der Waals surface area contributed by atoms with Crippen molar-refractivity contribution < 1.29 is 23.8 Å². The normalized spacial score (nSPS) is 10.2. The number of carbonyl (C=O) groups is 2. The number of methoxy groups -OCH3 is 1. The first kappa shape index (κ1) is 19.3. The van der Waals surface area contributed by atoms with Crippen molar-refractivity contribution >= 4 is 17.6 Å². The topological polar surface area (TPSA) is 73.9 Å². The molecule has 0 bridgehead atoms. The molecular weight excluding hydrogens is 334 g/mol. The van der Waals surface area contributed by atoms with E-state index >= 15 is 0 Å². The molecule has 2 aromatic rings. The van der Waals surface area contributed by atoms with Crippen LogP contribution in [-0.4, -0.2) is 32.2 Å². The Hall–Kier alpha value is -3.02. The van der Waals surface area contributed by atoms with Crippen molar-refractivity contribution in [3.05, 3.63) is 53.1 Å². The summed E-state index contributed by atoms with van der Waals surface area (Å²) in [5, 5.41) is 2.67. The van der Waals surface area contributed by atoms with Gasteiger partial charge in [0.2, 0.25) is 0 Å². The van der Waals surface area contributed by atoms with Crippen molar-refractivity contribution in [1.29, 1.82) is 0 Å². The van der Waals surface area contributed by atoms with Crippen LogP contribution in [0.3, 0.4) is 0 Å². The van der Waals surface area contributed by atoms with Crippen molar-refractivity contribution in [3.63, 3.8) is 0 Å². The van der Waals surface area contributed by atoms with E-state index in [1.807, 2.05) is 45.0 Å². The van der Waals surface area contributed by atoms with Gasteiger partial charge in [-0.05, 0) is 55.7 Å². The minimum Gasteiger partial charge on any atom is -0.495 e. The molecule has 1 amide bonds. The summed E-state index contributed by atoms with van der Waals surface area (Å²) in [6.07, 6.45) is 0. The molecule has 0 saturated heterocycles. The third kappa shape index (κ3) is 5.51. The highest BCUT2D eigenvalue weighted by atomic mass is 16.6. The average molecular weight is 357 g/mol. The smallest absolute Gasteiger partial charge is 0.344 e. The van der Waals surface area contributed by atoms with E-state index in [1.165, 1.54) is 7.11 Å². The Morgan fingerprint density at radius 2 is 1.62 bits per heavy atom. The van der Waals surface area contributed by atoms with Crippen LogP contribution in [-0.2, 0) is 14.3 Å². The molecule has 0 atom stereocenters. The molecule has 0 spiro atoms. The molecule has 0 aromatic heterocycles. The molecule has 0 aliphatic heterocycles. The van der Waals surface area contributed by atoms with E-state index in [9.17, 15) is 9.59 Å². The number of benzene rings is 2. The molecule has 0 heterocycles. The van der Waals surface area contributed by atoms with Gasteiger partial charge >= 0.3 is 5.97 Å². The third-order valence-electron chi connectivity index (χ3n) is 3.68. The molecule has 1 N–H and O–H groups in total. The summed E-state index contributed by atoms with van der Waals surface area (Å²) in [5.74, 6) is 0.0932. The zero-order valence-corrected chi connectivity index (χ0v) is 15.4. The van der Waals surface area contributed by atoms with E-state index in [1.54, 1.807) is 12.1 Å². The minimum absolute atomic E-state index is 0.259. The molecule has 6 nitrogen and oxygen atoms in total. The molecular formula is C20H23NO5. The highest BCUT2D eigenvalue weighted by Crippen LogP contribution is 2.25. The van der Waals surface area contributed by atoms with Gasteiger partial charge in [-0.3, -0.25) is 4.79 Å². The van der Waals surface area contributed by atoms with Gasteiger partial charge in [0.05, 0.1) is 12.8 Å². The van der Waals surface area contributed by atoms with E-state index in [0.29, 0.717) is 17.2 Å². The fourth-order valence-corrected chi connectivity index (χ4v) is 2.29. The number of carbonyl (C=O) groups excluding carboxylic acids is 2. The molecule has 2 aromatic carbocycles. The van der Waals surface area contributed by atoms with Crippen LogP contribution in [0.2, 0.25) is 0 Å². The lowest BCUT2D eigenvalue weighted by atomic mass is 10.1. The molecule has 0 unspecified atom stereocenters. The summed E-state index contributed by atoms with van der Waals surface area (Å²) in [7, 11) is 1.52. The Bertz CT molecular complexity index is 801. The molecule has 0 fully saturated rings. The third-order valence-corrected chi connectivity index (χ3v) is 3.68. The Labute approximate surface area is 153 Å². The van der Waals surface area contributed by atoms with Crippen LogP contribution in [0.15, 0.2) is 36.4 Å². The Balaban J connectivity index is 1.82. The number of rotatable bonds is 7. The number of amides is 1. The zero-order chi connectivity index (χ0) is 19.1.